The lowest BCUT2D eigenvalue weighted by Gasteiger charge is -2.27. The fourth-order valence-corrected chi connectivity index (χ4v) is 3.18. The number of benzene rings is 1. The number of hydrogen-bond donors (Lipinski definition) is 2. The van der Waals surface area contributed by atoms with Gasteiger partial charge in [0.25, 0.3) is 0 Å². The van der Waals surface area contributed by atoms with E-state index >= 15 is 0 Å². The van der Waals surface area contributed by atoms with Crippen molar-refractivity contribution in [1.82, 2.24) is 4.90 Å². The monoisotopic (exact) mass is 289 g/mol. The molecule has 1 aliphatic carbocycles. The minimum atomic E-state index is 0.0609. The summed E-state index contributed by atoms with van der Waals surface area (Å²) in [6.45, 7) is 0.898. The number of amidine groups is 1. The summed E-state index contributed by atoms with van der Waals surface area (Å²) in [5.74, 6) is 0.731. The van der Waals surface area contributed by atoms with Gasteiger partial charge in [-0.25, -0.2) is 0 Å². The number of nitrogen functional groups attached to an aromatic ring is 1. The summed E-state index contributed by atoms with van der Waals surface area (Å²) in [4.78, 5) is 2.44. The van der Waals surface area contributed by atoms with Crippen LogP contribution in [0.15, 0.2) is 18.2 Å². The highest BCUT2D eigenvalue weighted by Gasteiger charge is 2.17. The third-order valence-corrected chi connectivity index (χ3v) is 4.43. The lowest BCUT2D eigenvalue weighted by molar-refractivity contribution is 0.213. The highest BCUT2D eigenvalue weighted by atomic mass is 16.5. The first kappa shape index (κ1) is 15.8. The van der Waals surface area contributed by atoms with Crippen molar-refractivity contribution in [1.29, 1.82) is 5.41 Å². The first-order valence-corrected chi connectivity index (χ1v) is 7.83. The molecule has 0 heterocycles. The number of nitrogens with zero attached hydrogens (tertiary/aromatic N) is 1. The minimum absolute atomic E-state index is 0.0609. The Morgan fingerprint density at radius 3 is 2.52 bits per heavy atom. The molecular formula is C17H27N3O. The Kier molecular flexibility index (Phi) is 5.62. The second-order valence-corrected chi connectivity index (χ2v) is 6.01. The van der Waals surface area contributed by atoms with Gasteiger partial charge in [0.15, 0.2) is 0 Å². The molecule has 1 fully saturated rings. The highest BCUT2D eigenvalue weighted by molar-refractivity contribution is 5.97. The lowest BCUT2D eigenvalue weighted by atomic mass is 10.0. The molecule has 0 aliphatic heterocycles. The zero-order valence-electron chi connectivity index (χ0n) is 13.2. The van der Waals surface area contributed by atoms with Crippen LogP contribution in [0.2, 0.25) is 0 Å². The maximum atomic E-state index is 7.67. The molecular weight excluding hydrogens is 262 g/mol. The third-order valence-electron chi connectivity index (χ3n) is 4.43. The van der Waals surface area contributed by atoms with Gasteiger partial charge in [0.2, 0.25) is 0 Å². The largest absolute Gasteiger partial charge is 0.496 e. The van der Waals surface area contributed by atoms with Crippen LogP contribution >= 0.6 is 0 Å². The molecule has 0 radical (unpaired) electrons. The number of nitrogens with two attached hydrogens (primary N) is 1. The Hall–Kier alpha value is -1.55. The van der Waals surface area contributed by atoms with Crippen LogP contribution in [0.25, 0.3) is 0 Å². The van der Waals surface area contributed by atoms with Crippen LogP contribution in [0.1, 0.15) is 49.7 Å². The zero-order valence-corrected chi connectivity index (χ0v) is 13.2. The molecule has 0 spiro atoms. The van der Waals surface area contributed by atoms with Crippen LogP contribution < -0.4 is 10.5 Å². The van der Waals surface area contributed by atoms with E-state index in [1.54, 1.807) is 7.11 Å². The van der Waals surface area contributed by atoms with Crippen LogP contribution in [0, 0.1) is 5.41 Å². The summed E-state index contributed by atoms with van der Waals surface area (Å²) in [6, 6.07) is 6.63. The van der Waals surface area contributed by atoms with E-state index in [2.05, 4.69) is 18.0 Å². The van der Waals surface area contributed by atoms with E-state index in [9.17, 15) is 0 Å². The van der Waals surface area contributed by atoms with Crippen molar-refractivity contribution in [2.45, 2.75) is 51.1 Å². The standard InChI is InChI=1S/C17H27N3O/c1-20(14-7-5-3-4-6-8-14)12-13-9-10-16(21-2)15(11-13)17(18)19/h9-11,14H,3-8,12H2,1-2H3,(H3,18,19). The van der Waals surface area contributed by atoms with Crippen molar-refractivity contribution in [2.75, 3.05) is 14.2 Å². The summed E-state index contributed by atoms with van der Waals surface area (Å²) in [5.41, 5.74) is 7.52. The van der Waals surface area contributed by atoms with Crippen LogP contribution in [0.4, 0.5) is 0 Å². The number of hydrogen-bond acceptors (Lipinski definition) is 3. The predicted octanol–water partition coefficient (Wildman–Crippen LogP) is 3.13. The molecule has 0 amide bonds. The van der Waals surface area contributed by atoms with E-state index < -0.39 is 0 Å². The molecule has 21 heavy (non-hydrogen) atoms. The molecule has 1 aromatic rings. The summed E-state index contributed by atoms with van der Waals surface area (Å²) >= 11 is 0. The van der Waals surface area contributed by atoms with Gasteiger partial charge in [0.05, 0.1) is 12.7 Å². The fourth-order valence-electron chi connectivity index (χ4n) is 3.18. The Morgan fingerprint density at radius 2 is 1.95 bits per heavy atom. The smallest absolute Gasteiger partial charge is 0.129 e. The van der Waals surface area contributed by atoms with E-state index in [0.717, 1.165) is 6.54 Å². The maximum Gasteiger partial charge on any atom is 0.129 e. The van der Waals surface area contributed by atoms with Crippen molar-refractivity contribution in [3.05, 3.63) is 29.3 Å². The van der Waals surface area contributed by atoms with Gasteiger partial charge in [-0.3, -0.25) is 10.3 Å². The van der Waals surface area contributed by atoms with Crippen molar-refractivity contribution in [3.8, 4) is 5.75 Å². The second kappa shape index (κ2) is 7.46. The van der Waals surface area contributed by atoms with E-state index in [1.165, 1.54) is 44.1 Å². The Bertz CT molecular complexity index is 479. The van der Waals surface area contributed by atoms with Crippen LogP contribution in [0.3, 0.4) is 0 Å². The molecule has 0 aromatic heterocycles. The van der Waals surface area contributed by atoms with Gasteiger partial charge in [-0.05, 0) is 37.6 Å². The number of methoxy groups -OCH3 is 1. The van der Waals surface area contributed by atoms with Crippen LogP contribution in [-0.2, 0) is 6.54 Å². The highest BCUT2D eigenvalue weighted by Crippen LogP contribution is 2.24. The minimum Gasteiger partial charge on any atom is -0.496 e. The molecule has 116 valence electrons. The molecule has 1 saturated carbocycles. The number of ether oxygens (including phenoxy) is 1. The second-order valence-electron chi connectivity index (χ2n) is 6.01. The van der Waals surface area contributed by atoms with Crippen molar-refractivity contribution >= 4 is 5.84 Å². The molecule has 1 aliphatic rings. The van der Waals surface area contributed by atoms with Gasteiger partial charge in [-0.2, -0.15) is 0 Å². The maximum absolute atomic E-state index is 7.67. The molecule has 2 rings (SSSR count). The van der Waals surface area contributed by atoms with E-state index in [1.807, 2.05) is 12.1 Å². The van der Waals surface area contributed by atoms with Gasteiger partial charge in [-0.1, -0.05) is 31.7 Å². The van der Waals surface area contributed by atoms with Crippen LogP contribution in [0.5, 0.6) is 5.75 Å². The molecule has 0 saturated heterocycles. The summed E-state index contributed by atoms with van der Waals surface area (Å²) in [5, 5.41) is 7.67. The third kappa shape index (κ3) is 4.21. The van der Waals surface area contributed by atoms with Gasteiger partial charge in [0, 0.05) is 12.6 Å². The fraction of sp³-hybridized carbons (Fsp3) is 0.588. The first-order chi connectivity index (χ1) is 10.1. The molecule has 4 heteroatoms. The molecule has 3 N–H and O–H groups in total. The summed E-state index contributed by atoms with van der Waals surface area (Å²) < 4.78 is 5.27. The number of rotatable bonds is 5. The molecule has 0 unspecified atom stereocenters. The quantitative estimate of drug-likeness (QED) is 0.497. The SMILES string of the molecule is COc1ccc(CN(C)C2CCCCCC2)cc1C(=N)N. The van der Waals surface area contributed by atoms with Crippen molar-refractivity contribution < 1.29 is 4.74 Å². The topological polar surface area (TPSA) is 62.3 Å². The Labute approximate surface area is 127 Å². The molecule has 4 nitrogen and oxygen atoms in total. The van der Waals surface area contributed by atoms with Crippen molar-refractivity contribution in [2.24, 2.45) is 5.73 Å². The number of nitrogens with one attached hydrogen (secondary N) is 1. The molecule has 0 atom stereocenters. The van der Waals surface area contributed by atoms with E-state index in [4.69, 9.17) is 15.9 Å². The van der Waals surface area contributed by atoms with Gasteiger partial charge >= 0.3 is 0 Å². The Balaban J connectivity index is 2.07. The van der Waals surface area contributed by atoms with Gasteiger partial charge < -0.3 is 10.5 Å². The van der Waals surface area contributed by atoms with Crippen molar-refractivity contribution in [3.63, 3.8) is 0 Å². The summed E-state index contributed by atoms with van der Waals surface area (Å²) in [7, 11) is 3.81. The molecule has 0 bridgehead atoms. The first-order valence-electron chi connectivity index (χ1n) is 7.83. The Morgan fingerprint density at radius 1 is 1.29 bits per heavy atom. The van der Waals surface area contributed by atoms with E-state index in [-0.39, 0.29) is 5.84 Å². The average Bonchev–Trinajstić information content (AvgIpc) is 2.76. The normalized spacial score (nSPS) is 16.7. The molecule has 1 aromatic carbocycles. The predicted molar refractivity (Wildman–Crippen MR) is 87.0 cm³/mol. The zero-order chi connectivity index (χ0) is 15.2. The van der Waals surface area contributed by atoms with Crippen LogP contribution in [-0.4, -0.2) is 30.9 Å². The lowest BCUT2D eigenvalue weighted by Crippen LogP contribution is -2.30. The van der Waals surface area contributed by atoms with E-state index in [0.29, 0.717) is 17.4 Å². The average molecular weight is 289 g/mol. The van der Waals surface area contributed by atoms with Gasteiger partial charge in [-0.15, -0.1) is 0 Å². The van der Waals surface area contributed by atoms with Gasteiger partial charge in [0.1, 0.15) is 11.6 Å². The summed E-state index contributed by atoms with van der Waals surface area (Å²) in [6.07, 6.45) is 8.04.